The van der Waals surface area contributed by atoms with Crippen molar-refractivity contribution in [2.24, 2.45) is 7.05 Å². The summed E-state index contributed by atoms with van der Waals surface area (Å²) in [4.78, 5) is 0. The Morgan fingerprint density at radius 2 is 2.50 bits per heavy atom. The Morgan fingerprint density at radius 3 is 3.08 bits per heavy atom. The van der Waals surface area contributed by atoms with Gasteiger partial charge in [-0.25, -0.2) is 0 Å². The van der Waals surface area contributed by atoms with Crippen LogP contribution >= 0.6 is 24.4 Å². The monoisotopic (exact) mass is 201 g/mol. The van der Waals surface area contributed by atoms with Crippen LogP contribution in [0.25, 0.3) is 0 Å². The molecule has 1 aromatic heterocycles. The van der Waals surface area contributed by atoms with Crippen molar-refractivity contribution in [1.82, 2.24) is 14.8 Å². The summed E-state index contributed by atoms with van der Waals surface area (Å²) in [5.41, 5.74) is 0. The zero-order valence-corrected chi connectivity index (χ0v) is 8.55. The average Bonchev–Trinajstić information content (AvgIpc) is 2.46. The molecular formula is C7H11N3S2. The van der Waals surface area contributed by atoms with Crippen molar-refractivity contribution in [2.45, 2.75) is 5.16 Å². The van der Waals surface area contributed by atoms with Gasteiger partial charge in [-0.3, -0.25) is 0 Å². The number of thiol groups is 1. The van der Waals surface area contributed by atoms with E-state index in [2.05, 4.69) is 28.9 Å². The molecule has 0 aliphatic carbocycles. The van der Waals surface area contributed by atoms with Crippen LogP contribution in [-0.2, 0) is 7.05 Å². The number of aromatic nitrogens is 3. The molecule has 0 N–H and O–H groups in total. The highest BCUT2D eigenvalue weighted by atomic mass is 32.2. The minimum atomic E-state index is 0.791. The fraction of sp³-hybridized carbons (Fsp3) is 0.429. The van der Waals surface area contributed by atoms with Gasteiger partial charge in [0.05, 0.1) is 0 Å². The Hall–Kier alpha value is -0.420. The van der Waals surface area contributed by atoms with Gasteiger partial charge in [0.25, 0.3) is 0 Å². The van der Waals surface area contributed by atoms with Gasteiger partial charge in [-0.2, -0.15) is 12.6 Å². The predicted octanol–water partition coefficient (Wildman–Crippen LogP) is 1.39. The predicted molar refractivity (Wildman–Crippen MR) is 54.7 cm³/mol. The van der Waals surface area contributed by atoms with Crippen molar-refractivity contribution in [3.05, 3.63) is 18.5 Å². The molecule has 0 fully saturated rings. The van der Waals surface area contributed by atoms with Crippen molar-refractivity contribution in [1.29, 1.82) is 0 Å². The molecule has 1 aromatic rings. The van der Waals surface area contributed by atoms with Crippen LogP contribution in [0.5, 0.6) is 0 Å². The molecular weight excluding hydrogens is 190 g/mol. The SMILES string of the molecule is Cn1cnnc1SCC=CCS. The second kappa shape index (κ2) is 5.27. The number of hydrogen-bond donors (Lipinski definition) is 1. The van der Waals surface area contributed by atoms with Gasteiger partial charge < -0.3 is 4.57 Å². The van der Waals surface area contributed by atoms with Crippen LogP contribution < -0.4 is 0 Å². The third-order valence-electron chi connectivity index (χ3n) is 1.25. The molecule has 0 aromatic carbocycles. The second-order valence-electron chi connectivity index (χ2n) is 2.19. The lowest BCUT2D eigenvalue weighted by Crippen LogP contribution is -1.88. The molecule has 0 aliphatic heterocycles. The van der Waals surface area contributed by atoms with E-state index >= 15 is 0 Å². The Bertz CT molecular complexity index is 257. The topological polar surface area (TPSA) is 30.7 Å². The molecule has 0 radical (unpaired) electrons. The second-order valence-corrected chi connectivity index (χ2v) is 3.54. The van der Waals surface area contributed by atoms with Crippen molar-refractivity contribution in [2.75, 3.05) is 11.5 Å². The summed E-state index contributed by atoms with van der Waals surface area (Å²) in [5.74, 6) is 1.71. The van der Waals surface area contributed by atoms with Crippen LogP contribution in [0.4, 0.5) is 0 Å². The van der Waals surface area contributed by atoms with E-state index in [4.69, 9.17) is 0 Å². The smallest absolute Gasteiger partial charge is 0.191 e. The lowest BCUT2D eigenvalue weighted by atomic mass is 10.6. The number of thioether (sulfide) groups is 1. The zero-order valence-electron chi connectivity index (χ0n) is 6.84. The standard InChI is InChI=1S/C7H11N3S2/c1-10-6-8-9-7(10)12-5-3-2-4-11/h2-3,6,11H,4-5H2,1H3. The average molecular weight is 201 g/mol. The van der Waals surface area contributed by atoms with Crippen molar-refractivity contribution < 1.29 is 0 Å². The highest BCUT2D eigenvalue weighted by molar-refractivity contribution is 7.99. The number of aryl methyl sites for hydroxylation is 1. The van der Waals surface area contributed by atoms with Crippen molar-refractivity contribution in [3.63, 3.8) is 0 Å². The van der Waals surface area contributed by atoms with E-state index in [0.29, 0.717) is 0 Å². The van der Waals surface area contributed by atoms with E-state index in [0.717, 1.165) is 16.7 Å². The van der Waals surface area contributed by atoms with Crippen molar-refractivity contribution >= 4 is 24.4 Å². The molecule has 0 amide bonds. The molecule has 1 rings (SSSR count). The summed E-state index contributed by atoms with van der Waals surface area (Å²) < 4.78 is 1.90. The summed E-state index contributed by atoms with van der Waals surface area (Å²) in [6, 6.07) is 0. The van der Waals surface area contributed by atoms with Gasteiger partial charge in [0.1, 0.15) is 6.33 Å². The first-order chi connectivity index (χ1) is 5.84. The van der Waals surface area contributed by atoms with E-state index in [1.165, 1.54) is 0 Å². The summed E-state index contributed by atoms with van der Waals surface area (Å²) in [7, 11) is 1.94. The Balaban J connectivity index is 2.33. The summed E-state index contributed by atoms with van der Waals surface area (Å²) in [5, 5.41) is 8.65. The van der Waals surface area contributed by atoms with Gasteiger partial charge >= 0.3 is 0 Å². The fourth-order valence-corrected chi connectivity index (χ4v) is 1.55. The molecule has 5 heteroatoms. The molecule has 1 heterocycles. The van der Waals surface area contributed by atoms with Crippen LogP contribution in [0.15, 0.2) is 23.6 Å². The van der Waals surface area contributed by atoms with Crippen LogP contribution in [0, 0.1) is 0 Å². The van der Waals surface area contributed by atoms with Crippen LogP contribution in [0.3, 0.4) is 0 Å². The van der Waals surface area contributed by atoms with Gasteiger partial charge in [0.2, 0.25) is 0 Å². The summed E-state index contributed by atoms with van der Waals surface area (Å²) in [6.07, 6.45) is 5.80. The normalized spacial score (nSPS) is 11.2. The van der Waals surface area contributed by atoms with Crippen LogP contribution in [-0.4, -0.2) is 26.3 Å². The van der Waals surface area contributed by atoms with E-state index in [9.17, 15) is 0 Å². The fourth-order valence-electron chi connectivity index (χ4n) is 0.669. The van der Waals surface area contributed by atoms with Gasteiger partial charge in [-0.1, -0.05) is 23.9 Å². The minimum absolute atomic E-state index is 0.791. The molecule has 0 bridgehead atoms. The van der Waals surface area contributed by atoms with E-state index in [-0.39, 0.29) is 0 Å². The largest absolute Gasteiger partial charge is 0.312 e. The highest BCUT2D eigenvalue weighted by Gasteiger charge is 1.97. The lowest BCUT2D eigenvalue weighted by Gasteiger charge is -1.94. The highest BCUT2D eigenvalue weighted by Crippen LogP contribution is 2.12. The molecule has 0 atom stereocenters. The maximum Gasteiger partial charge on any atom is 0.191 e. The number of nitrogens with zero attached hydrogens (tertiary/aromatic N) is 3. The van der Waals surface area contributed by atoms with Gasteiger partial charge in [0, 0.05) is 18.6 Å². The number of hydrogen-bond acceptors (Lipinski definition) is 4. The third kappa shape index (κ3) is 2.91. The molecule has 0 saturated heterocycles. The van der Waals surface area contributed by atoms with Gasteiger partial charge in [0.15, 0.2) is 5.16 Å². The van der Waals surface area contributed by atoms with E-state index in [1.54, 1.807) is 18.1 Å². The third-order valence-corrected chi connectivity index (χ3v) is 2.45. The first-order valence-corrected chi connectivity index (χ1v) is 5.19. The maximum absolute atomic E-state index is 4.06. The molecule has 0 spiro atoms. The zero-order chi connectivity index (χ0) is 8.81. The molecule has 66 valence electrons. The van der Waals surface area contributed by atoms with Crippen molar-refractivity contribution in [3.8, 4) is 0 Å². The van der Waals surface area contributed by atoms with Gasteiger partial charge in [-0.05, 0) is 0 Å². The minimum Gasteiger partial charge on any atom is -0.312 e. The maximum atomic E-state index is 4.06. The van der Waals surface area contributed by atoms with Gasteiger partial charge in [-0.15, -0.1) is 10.2 Å². The first kappa shape index (κ1) is 9.67. The molecule has 0 aliphatic rings. The molecule has 3 nitrogen and oxygen atoms in total. The molecule has 0 unspecified atom stereocenters. The summed E-state index contributed by atoms with van der Waals surface area (Å²) in [6.45, 7) is 0. The Kier molecular flexibility index (Phi) is 4.24. The summed E-state index contributed by atoms with van der Waals surface area (Å²) >= 11 is 5.72. The Labute approximate surface area is 81.7 Å². The van der Waals surface area contributed by atoms with E-state index < -0.39 is 0 Å². The molecule has 12 heavy (non-hydrogen) atoms. The quantitative estimate of drug-likeness (QED) is 0.454. The Morgan fingerprint density at radius 1 is 1.67 bits per heavy atom. The van der Waals surface area contributed by atoms with Crippen LogP contribution in [0.2, 0.25) is 0 Å². The molecule has 0 saturated carbocycles. The van der Waals surface area contributed by atoms with Crippen LogP contribution in [0.1, 0.15) is 0 Å². The number of rotatable bonds is 4. The lowest BCUT2D eigenvalue weighted by molar-refractivity contribution is 0.789. The first-order valence-electron chi connectivity index (χ1n) is 3.57. The van der Waals surface area contributed by atoms with E-state index in [1.807, 2.05) is 17.7 Å².